The highest BCUT2D eigenvalue weighted by atomic mass is 16.5. The number of hydrogen-bond donors (Lipinski definition) is 2. The predicted octanol–water partition coefficient (Wildman–Crippen LogP) is 8.09. The van der Waals surface area contributed by atoms with Crippen molar-refractivity contribution in [2.24, 2.45) is 11.8 Å². The van der Waals surface area contributed by atoms with Crippen molar-refractivity contribution in [2.45, 2.75) is 112 Å². The Hall–Kier alpha value is -2.04. The summed E-state index contributed by atoms with van der Waals surface area (Å²) in [6.07, 6.45) is 14.9. The molecule has 0 aliphatic rings. The van der Waals surface area contributed by atoms with Crippen molar-refractivity contribution in [3.05, 3.63) is 24.3 Å². The molecule has 33 heavy (non-hydrogen) atoms. The number of carboxylic acids is 1. The van der Waals surface area contributed by atoms with Crippen molar-refractivity contribution >= 4 is 17.6 Å². The quantitative estimate of drug-likeness (QED) is 0.229. The van der Waals surface area contributed by atoms with E-state index in [4.69, 9.17) is 9.84 Å². The molecule has 2 atom stereocenters. The summed E-state index contributed by atoms with van der Waals surface area (Å²) in [4.78, 5) is 21.8. The van der Waals surface area contributed by atoms with Gasteiger partial charge in [0.2, 0.25) is 5.91 Å². The maximum atomic E-state index is 11.9. The molecule has 0 aliphatic heterocycles. The number of aliphatic carboxylic acids is 1. The highest BCUT2D eigenvalue weighted by molar-refractivity contribution is 5.92. The van der Waals surface area contributed by atoms with Crippen molar-refractivity contribution in [3.8, 4) is 5.75 Å². The van der Waals surface area contributed by atoms with Gasteiger partial charge in [-0.05, 0) is 43.5 Å². The molecule has 1 aromatic carbocycles. The first-order valence-corrected chi connectivity index (χ1v) is 13.1. The van der Waals surface area contributed by atoms with Crippen LogP contribution >= 0.6 is 0 Å². The zero-order valence-corrected chi connectivity index (χ0v) is 21.8. The van der Waals surface area contributed by atoms with E-state index in [9.17, 15) is 9.59 Å². The third kappa shape index (κ3) is 17.1. The fourth-order valence-electron chi connectivity index (χ4n) is 3.04. The molecule has 0 heterocycles. The van der Waals surface area contributed by atoms with Crippen molar-refractivity contribution in [3.63, 3.8) is 0 Å². The number of carbonyl (C=O) groups excluding carboxylic acids is 1. The molecule has 0 fully saturated rings. The largest absolute Gasteiger partial charge is 0.494 e. The Bertz CT molecular complexity index is 615. The molecule has 1 rings (SSSR count). The summed E-state index contributed by atoms with van der Waals surface area (Å²) in [5.41, 5.74) is 0.835. The first kappa shape index (κ1) is 31.0. The number of ether oxygens (including phenoxy) is 1. The first-order chi connectivity index (χ1) is 15.8. The van der Waals surface area contributed by atoms with Crippen LogP contribution in [0.1, 0.15) is 112 Å². The molecule has 0 radical (unpaired) electrons. The average molecular weight is 464 g/mol. The highest BCUT2D eigenvalue weighted by Gasteiger charge is 2.10. The number of rotatable bonds is 17. The summed E-state index contributed by atoms with van der Waals surface area (Å²) < 4.78 is 5.79. The van der Waals surface area contributed by atoms with Crippen LogP contribution in [0.4, 0.5) is 5.69 Å². The molecule has 0 saturated carbocycles. The molecule has 0 aromatic heterocycles. The molecule has 2 N–H and O–H groups in total. The molecule has 190 valence electrons. The minimum atomic E-state index is -0.706. The van der Waals surface area contributed by atoms with Crippen LogP contribution in [0.5, 0.6) is 5.75 Å². The Morgan fingerprint density at radius 2 is 1.27 bits per heavy atom. The Labute approximate surface area is 202 Å². The molecule has 2 unspecified atom stereocenters. The SMILES string of the molecule is CCC(C)C(=O)O.CCCCCCCCCCCCOc1ccc(NC(=O)C(C)CC)cc1. The fraction of sp³-hybridized carbons (Fsp3) is 0.714. The number of amides is 1. The van der Waals surface area contributed by atoms with Gasteiger partial charge in [-0.3, -0.25) is 9.59 Å². The van der Waals surface area contributed by atoms with E-state index in [2.05, 4.69) is 12.2 Å². The molecule has 5 heteroatoms. The van der Waals surface area contributed by atoms with E-state index in [1.165, 1.54) is 57.8 Å². The normalized spacial score (nSPS) is 12.3. The van der Waals surface area contributed by atoms with E-state index < -0.39 is 5.97 Å². The highest BCUT2D eigenvalue weighted by Crippen LogP contribution is 2.17. The second-order valence-corrected chi connectivity index (χ2v) is 9.00. The molecule has 0 aliphatic carbocycles. The van der Waals surface area contributed by atoms with Gasteiger partial charge in [0.15, 0.2) is 0 Å². The first-order valence-electron chi connectivity index (χ1n) is 13.1. The Morgan fingerprint density at radius 3 is 1.70 bits per heavy atom. The van der Waals surface area contributed by atoms with Crippen LogP contribution in [0.3, 0.4) is 0 Å². The van der Waals surface area contributed by atoms with E-state index in [-0.39, 0.29) is 17.7 Å². The number of nitrogens with one attached hydrogen (secondary N) is 1. The van der Waals surface area contributed by atoms with Gasteiger partial charge in [-0.2, -0.15) is 0 Å². The van der Waals surface area contributed by atoms with Gasteiger partial charge in [0.05, 0.1) is 12.5 Å². The van der Waals surface area contributed by atoms with E-state index in [1.807, 2.05) is 45.0 Å². The maximum absolute atomic E-state index is 11.9. The van der Waals surface area contributed by atoms with E-state index in [0.717, 1.165) is 37.3 Å². The van der Waals surface area contributed by atoms with Crippen molar-refractivity contribution in [1.29, 1.82) is 0 Å². The van der Waals surface area contributed by atoms with E-state index >= 15 is 0 Å². The maximum Gasteiger partial charge on any atom is 0.306 e. The van der Waals surface area contributed by atoms with Crippen LogP contribution in [0.25, 0.3) is 0 Å². The van der Waals surface area contributed by atoms with Gasteiger partial charge in [0, 0.05) is 11.6 Å². The van der Waals surface area contributed by atoms with Crippen LogP contribution in [-0.4, -0.2) is 23.6 Å². The van der Waals surface area contributed by atoms with Gasteiger partial charge in [0.1, 0.15) is 5.75 Å². The summed E-state index contributed by atoms with van der Waals surface area (Å²) in [5.74, 6) is 0.110. The standard InChI is InChI=1S/C23H39NO2.C5H10O2/c1-4-6-7-8-9-10-11-12-13-14-19-26-22-17-15-21(16-18-22)24-23(25)20(3)5-2;1-3-4(2)5(6)7/h15-18,20H,4-14,19H2,1-3H3,(H,24,25);4H,3H2,1-2H3,(H,6,7). The van der Waals surface area contributed by atoms with E-state index in [1.54, 1.807) is 6.92 Å². The van der Waals surface area contributed by atoms with Crippen LogP contribution in [0.2, 0.25) is 0 Å². The minimum Gasteiger partial charge on any atom is -0.494 e. The third-order valence-corrected chi connectivity index (χ3v) is 5.98. The third-order valence-electron chi connectivity index (χ3n) is 5.98. The number of unbranched alkanes of at least 4 members (excludes halogenated alkanes) is 9. The minimum absolute atomic E-state index is 0.0438. The number of carbonyl (C=O) groups is 2. The summed E-state index contributed by atoms with van der Waals surface area (Å²) in [6, 6.07) is 7.69. The van der Waals surface area contributed by atoms with Gasteiger partial charge in [0.25, 0.3) is 0 Å². The lowest BCUT2D eigenvalue weighted by molar-refractivity contribution is -0.141. The number of hydrogen-bond acceptors (Lipinski definition) is 3. The van der Waals surface area contributed by atoms with E-state index in [0.29, 0.717) is 0 Å². The topological polar surface area (TPSA) is 75.6 Å². The van der Waals surface area contributed by atoms with Gasteiger partial charge in [-0.25, -0.2) is 0 Å². The molecular formula is C28H49NO4. The fourth-order valence-corrected chi connectivity index (χ4v) is 3.04. The van der Waals surface area contributed by atoms with Crippen LogP contribution in [0.15, 0.2) is 24.3 Å². The van der Waals surface area contributed by atoms with Crippen LogP contribution < -0.4 is 10.1 Å². The second kappa shape index (κ2) is 20.6. The molecule has 0 spiro atoms. The smallest absolute Gasteiger partial charge is 0.306 e. The average Bonchev–Trinajstić information content (AvgIpc) is 2.82. The Kier molecular flexibility index (Phi) is 19.3. The number of anilines is 1. The zero-order chi connectivity index (χ0) is 24.9. The van der Waals surface area contributed by atoms with Crippen molar-refractivity contribution < 1.29 is 19.4 Å². The van der Waals surface area contributed by atoms with Crippen LogP contribution in [0, 0.1) is 11.8 Å². The van der Waals surface area contributed by atoms with Crippen molar-refractivity contribution in [2.75, 3.05) is 11.9 Å². The predicted molar refractivity (Wildman–Crippen MR) is 139 cm³/mol. The summed E-state index contributed by atoms with van der Waals surface area (Å²) in [6.45, 7) is 10.6. The second-order valence-electron chi connectivity index (χ2n) is 9.00. The number of carboxylic acid groups (broad SMARTS) is 1. The molecule has 1 aromatic rings. The van der Waals surface area contributed by atoms with Crippen LogP contribution in [-0.2, 0) is 9.59 Å². The van der Waals surface area contributed by atoms with Gasteiger partial charge in [-0.1, -0.05) is 92.4 Å². The summed E-state index contributed by atoms with van der Waals surface area (Å²) in [7, 11) is 0. The summed E-state index contributed by atoms with van der Waals surface area (Å²) >= 11 is 0. The van der Waals surface area contributed by atoms with Gasteiger partial charge >= 0.3 is 5.97 Å². The van der Waals surface area contributed by atoms with Crippen molar-refractivity contribution in [1.82, 2.24) is 0 Å². The lowest BCUT2D eigenvalue weighted by Crippen LogP contribution is -2.19. The Morgan fingerprint density at radius 1 is 0.788 bits per heavy atom. The lowest BCUT2D eigenvalue weighted by atomic mass is 10.1. The molecule has 5 nitrogen and oxygen atoms in total. The molecule has 0 saturated heterocycles. The summed E-state index contributed by atoms with van der Waals surface area (Å²) in [5, 5.41) is 11.1. The number of benzene rings is 1. The Balaban J connectivity index is 0.00000126. The zero-order valence-electron chi connectivity index (χ0n) is 21.8. The molecular weight excluding hydrogens is 414 g/mol. The van der Waals surface area contributed by atoms with Gasteiger partial charge < -0.3 is 15.2 Å². The monoisotopic (exact) mass is 463 g/mol. The molecule has 1 amide bonds. The molecule has 0 bridgehead atoms. The van der Waals surface area contributed by atoms with Gasteiger partial charge in [-0.15, -0.1) is 0 Å². The lowest BCUT2D eigenvalue weighted by Gasteiger charge is -2.11.